The minimum atomic E-state index is 0.408. The van der Waals surface area contributed by atoms with Gasteiger partial charge in [0, 0.05) is 12.4 Å². The molecule has 0 aromatic carbocycles. The van der Waals surface area contributed by atoms with Crippen molar-refractivity contribution in [3.8, 4) is 0 Å². The summed E-state index contributed by atoms with van der Waals surface area (Å²) in [6, 6.07) is 0. The molecule has 3 heteroatoms. The van der Waals surface area contributed by atoms with Crippen molar-refractivity contribution < 1.29 is 9.47 Å². The third-order valence-corrected chi connectivity index (χ3v) is 3.08. The minimum absolute atomic E-state index is 0.408. The Kier molecular flexibility index (Phi) is 2.16. The summed E-state index contributed by atoms with van der Waals surface area (Å²) < 4.78 is 10.9. The van der Waals surface area contributed by atoms with Crippen LogP contribution in [-0.2, 0) is 9.47 Å². The topological polar surface area (TPSA) is 18.5 Å². The van der Waals surface area contributed by atoms with Crippen LogP contribution in [0.5, 0.6) is 0 Å². The van der Waals surface area contributed by atoms with Crippen LogP contribution in [0.15, 0.2) is 0 Å². The first-order valence-electron chi connectivity index (χ1n) is 3.78. The van der Waals surface area contributed by atoms with E-state index in [1.807, 2.05) is 11.8 Å². The lowest BCUT2D eigenvalue weighted by Crippen LogP contribution is -2.49. The molecule has 2 atom stereocenters. The Labute approximate surface area is 65.3 Å². The number of hydrogen-bond donors (Lipinski definition) is 0. The van der Waals surface area contributed by atoms with Crippen LogP contribution >= 0.6 is 11.8 Å². The molecule has 2 fully saturated rings. The molecule has 10 heavy (non-hydrogen) atoms. The van der Waals surface area contributed by atoms with Crippen LogP contribution in [-0.4, -0.2) is 36.9 Å². The normalized spacial score (nSPS) is 40.8. The Morgan fingerprint density at radius 3 is 3.00 bits per heavy atom. The summed E-state index contributed by atoms with van der Waals surface area (Å²) >= 11 is 1.99. The molecule has 2 aliphatic rings. The Morgan fingerprint density at radius 1 is 1.20 bits per heavy atom. The average Bonchev–Trinajstić information content (AvgIpc) is 1.89. The summed E-state index contributed by atoms with van der Waals surface area (Å²) in [5.41, 5.74) is 0. The van der Waals surface area contributed by atoms with Gasteiger partial charge in [0.25, 0.3) is 0 Å². The smallest absolute Gasteiger partial charge is 0.108 e. The molecule has 2 heterocycles. The molecule has 0 spiro atoms. The third-order valence-electron chi connectivity index (χ3n) is 1.94. The van der Waals surface area contributed by atoms with Crippen molar-refractivity contribution in [2.75, 3.05) is 24.7 Å². The molecule has 2 nitrogen and oxygen atoms in total. The van der Waals surface area contributed by atoms with Crippen LogP contribution in [0.1, 0.15) is 6.42 Å². The Morgan fingerprint density at radius 2 is 2.20 bits per heavy atom. The van der Waals surface area contributed by atoms with Gasteiger partial charge in [-0.15, -0.1) is 0 Å². The van der Waals surface area contributed by atoms with E-state index < -0.39 is 0 Å². The van der Waals surface area contributed by atoms with Crippen molar-refractivity contribution in [3.05, 3.63) is 0 Å². The van der Waals surface area contributed by atoms with Gasteiger partial charge < -0.3 is 9.47 Å². The first-order chi connectivity index (χ1) is 4.97. The van der Waals surface area contributed by atoms with E-state index in [0.717, 1.165) is 19.0 Å². The van der Waals surface area contributed by atoms with Gasteiger partial charge in [0.15, 0.2) is 0 Å². The van der Waals surface area contributed by atoms with Gasteiger partial charge in [0.2, 0.25) is 0 Å². The number of ether oxygens (including phenoxy) is 2. The van der Waals surface area contributed by atoms with Gasteiger partial charge in [-0.25, -0.2) is 0 Å². The van der Waals surface area contributed by atoms with Crippen molar-refractivity contribution in [2.45, 2.75) is 18.6 Å². The first kappa shape index (κ1) is 6.95. The van der Waals surface area contributed by atoms with Crippen LogP contribution in [0.2, 0.25) is 0 Å². The number of hydrogen-bond acceptors (Lipinski definition) is 3. The third kappa shape index (κ3) is 1.31. The van der Waals surface area contributed by atoms with Gasteiger partial charge in [0.05, 0.1) is 12.7 Å². The fourth-order valence-electron chi connectivity index (χ4n) is 1.22. The van der Waals surface area contributed by atoms with E-state index in [1.54, 1.807) is 0 Å². The second kappa shape index (κ2) is 3.11. The summed E-state index contributed by atoms with van der Waals surface area (Å²) in [5.74, 6) is 2.36. The van der Waals surface area contributed by atoms with Gasteiger partial charge >= 0.3 is 0 Å². The van der Waals surface area contributed by atoms with Gasteiger partial charge in [-0.05, 0) is 12.2 Å². The van der Waals surface area contributed by atoms with Crippen LogP contribution in [0, 0.1) is 0 Å². The van der Waals surface area contributed by atoms with Crippen molar-refractivity contribution in [2.24, 2.45) is 0 Å². The highest BCUT2D eigenvalue weighted by Gasteiger charge is 2.33. The van der Waals surface area contributed by atoms with E-state index in [4.69, 9.17) is 9.47 Å². The zero-order valence-electron chi connectivity index (χ0n) is 5.91. The van der Waals surface area contributed by atoms with Crippen LogP contribution in [0.4, 0.5) is 0 Å². The number of rotatable bonds is 0. The minimum Gasteiger partial charge on any atom is -0.373 e. The number of fused-ring (bicyclic) bond motifs is 1. The van der Waals surface area contributed by atoms with E-state index >= 15 is 0 Å². The summed E-state index contributed by atoms with van der Waals surface area (Å²) in [6.45, 7) is 1.75. The molecule has 0 N–H and O–H groups in total. The van der Waals surface area contributed by atoms with Crippen LogP contribution in [0.25, 0.3) is 0 Å². The van der Waals surface area contributed by atoms with E-state index in [-0.39, 0.29) is 0 Å². The predicted molar refractivity (Wildman–Crippen MR) is 41.4 cm³/mol. The second-order valence-electron chi connectivity index (χ2n) is 2.71. The van der Waals surface area contributed by atoms with Crippen LogP contribution < -0.4 is 0 Å². The first-order valence-corrected chi connectivity index (χ1v) is 4.93. The average molecular weight is 160 g/mol. The molecule has 0 bridgehead atoms. The van der Waals surface area contributed by atoms with Gasteiger partial charge in [0.1, 0.15) is 6.10 Å². The quantitative estimate of drug-likeness (QED) is 0.524. The molecule has 2 unspecified atom stereocenters. The molecule has 0 amide bonds. The lowest BCUT2D eigenvalue weighted by molar-refractivity contribution is -0.177. The summed E-state index contributed by atoms with van der Waals surface area (Å²) in [5, 5.41) is 0. The lowest BCUT2D eigenvalue weighted by Gasteiger charge is -2.37. The molecular weight excluding hydrogens is 148 g/mol. The zero-order valence-corrected chi connectivity index (χ0v) is 6.73. The fourth-order valence-corrected chi connectivity index (χ4v) is 2.25. The van der Waals surface area contributed by atoms with Crippen molar-refractivity contribution in [1.29, 1.82) is 0 Å². The predicted octanol–water partition coefficient (Wildman–Crippen LogP) is 0.907. The molecule has 0 radical (unpaired) electrons. The molecule has 0 aromatic heterocycles. The van der Waals surface area contributed by atoms with E-state index in [1.165, 1.54) is 12.2 Å². The fraction of sp³-hybridized carbons (Fsp3) is 1.00. The Bertz CT molecular complexity index is 104. The molecule has 2 saturated heterocycles. The monoisotopic (exact) mass is 160 g/mol. The van der Waals surface area contributed by atoms with Crippen molar-refractivity contribution in [1.82, 2.24) is 0 Å². The molecule has 2 rings (SSSR count). The van der Waals surface area contributed by atoms with Gasteiger partial charge in [-0.2, -0.15) is 11.8 Å². The lowest BCUT2D eigenvalue weighted by atomic mass is 10.1. The van der Waals surface area contributed by atoms with Gasteiger partial charge in [-0.1, -0.05) is 0 Å². The highest BCUT2D eigenvalue weighted by molar-refractivity contribution is 7.99. The molecule has 58 valence electrons. The van der Waals surface area contributed by atoms with E-state index in [9.17, 15) is 0 Å². The summed E-state index contributed by atoms with van der Waals surface area (Å²) in [4.78, 5) is 0. The summed E-state index contributed by atoms with van der Waals surface area (Å²) in [7, 11) is 0. The number of thioether (sulfide) groups is 1. The maximum Gasteiger partial charge on any atom is 0.108 e. The maximum absolute atomic E-state index is 5.54. The highest BCUT2D eigenvalue weighted by Crippen LogP contribution is 2.23. The SMILES string of the molecule is C1COC2COC2CSC1. The van der Waals surface area contributed by atoms with E-state index in [0.29, 0.717) is 12.2 Å². The largest absolute Gasteiger partial charge is 0.373 e. The van der Waals surface area contributed by atoms with Crippen molar-refractivity contribution >= 4 is 11.8 Å². The zero-order chi connectivity index (χ0) is 6.81. The van der Waals surface area contributed by atoms with Crippen molar-refractivity contribution in [3.63, 3.8) is 0 Å². The maximum atomic E-state index is 5.54. The van der Waals surface area contributed by atoms with E-state index in [2.05, 4.69) is 0 Å². The Hall–Kier alpha value is 0.270. The molecule has 0 aromatic rings. The molecule has 0 aliphatic carbocycles. The second-order valence-corrected chi connectivity index (χ2v) is 3.86. The highest BCUT2D eigenvalue weighted by atomic mass is 32.2. The molecule has 2 aliphatic heterocycles. The summed E-state index contributed by atoms with van der Waals surface area (Å²) in [6.07, 6.45) is 2.03. The molecular formula is C7H12O2S. The van der Waals surface area contributed by atoms with Gasteiger partial charge in [-0.3, -0.25) is 0 Å². The Balaban J connectivity index is 1.83. The van der Waals surface area contributed by atoms with Crippen LogP contribution in [0.3, 0.4) is 0 Å². The standard InChI is InChI=1S/C7H12O2S/c1-2-8-6-4-9-7(6)5-10-3-1/h6-7H,1-5H2. The molecule has 0 saturated carbocycles.